The minimum atomic E-state index is -1.02. The Balaban J connectivity index is 2.10. The van der Waals surface area contributed by atoms with Crippen LogP contribution in [0.1, 0.15) is 24.5 Å². The lowest BCUT2D eigenvalue weighted by atomic mass is 10.0. The zero-order valence-corrected chi connectivity index (χ0v) is 11.5. The first-order chi connectivity index (χ1) is 8.61. The van der Waals surface area contributed by atoms with Gasteiger partial charge in [-0.05, 0) is 40.4 Å². The number of nitrogens with zero attached hydrogens (tertiary/aromatic N) is 2. The second kappa shape index (κ2) is 5.77. The van der Waals surface area contributed by atoms with E-state index in [2.05, 4.69) is 20.9 Å². The summed E-state index contributed by atoms with van der Waals surface area (Å²) in [7, 11) is 0. The fourth-order valence-corrected chi connectivity index (χ4v) is 2.59. The first-order valence-corrected chi connectivity index (χ1v) is 6.72. The third-order valence-corrected chi connectivity index (χ3v) is 3.83. The average molecular weight is 314 g/mol. The van der Waals surface area contributed by atoms with Gasteiger partial charge < -0.3 is 15.7 Å². The molecule has 2 rings (SSSR count). The molecular weight excluding hydrogens is 298 g/mol. The highest BCUT2D eigenvalue weighted by atomic mass is 79.9. The molecule has 0 bridgehead atoms. The molecule has 0 aromatic carbocycles. The molecule has 1 aliphatic rings. The number of carbonyl (C=O) groups is 1. The van der Waals surface area contributed by atoms with Crippen LogP contribution in [-0.2, 0) is 4.79 Å². The highest BCUT2D eigenvalue weighted by Crippen LogP contribution is 2.25. The topological polar surface area (TPSA) is 79.5 Å². The number of aliphatic hydroxyl groups excluding tert-OH is 1. The summed E-state index contributed by atoms with van der Waals surface area (Å²) in [4.78, 5) is 17.7. The molecule has 1 aromatic heterocycles. The molecule has 5 nitrogen and oxygen atoms in total. The molecule has 0 saturated carbocycles. The highest BCUT2D eigenvalue weighted by molar-refractivity contribution is 9.10. The van der Waals surface area contributed by atoms with Gasteiger partial charge in [-0.3, -0.25) is 9.78 Å². The van der Waals surface area contributed by atoms with E-state index in [0.717, 1.165) is 25.9 Å². The van der Waals surface area contributed by atoms with Crippen LogP contribution in [0, 0.1) is 0 Å². The van der Waals surface area contributed by atoms with Crippen molar-refractivity contribution in [1.29, 1.82) is 0 Å². The number of carbonyl (C=O) groups excluding carboxylic acids is 1. The van der Waals surface area contributed by atoms with Gasteiger partial charge in [-0.15, -0.1) is 0 Å². The Hall–Kier alpha value is -0.980. The Morgan fingerprint density at radius 3 is 2.78 bits per heavy atom. The van der Waals surface area contributed by atoms with Gasteiger partial charge in [0, 0.05) is 30.0 Å². The third kappa shape index (κ3) is 2.71. The highest BCUT2D eigenvalue weighted by Gasteiger charge is 2.30. The van der Waals surface area contributed by atoms with E-state index in [-0.39, 0.29) is 5.91 Å². The zero-order chi connectivity index (χ0) is 13.1. The van der Waals surface area contributed by atoms with E-state index in [4.69, 9.17) is 5.73 Å². The Kier molecular flexibility index (Phi) is 4.31. The molecule has 2 atom stereocenters. The summed E-state index contributed by atoms with van der Waals surface area (Å²) in [5, 5.41) is 10.2. The molecule has 1 amide bonds. The molecule has 1 fully saturated rings. The summed E-state index contributed by atoms with van der Waals surface area (Å²) in [6.07, 6.45) is 4.14. The van der Waals surface area contributed by atoms with Crippen LogP contribution in [0.3, 0.4) is 0 Å². The van der Waals surface area contributed by atoms with Gasteiger partial charge in [0.05, 0.1) is 0 Å². The molecule has 0 aliphatic carbocycles. The van der Waals surface area contributed by atoms with Gasteiger partial charge in [0.25, 0.3) is 0 Å². The minimum Gasteiger partial charge on any atom is -0.386 e. The van der Waals surface area contributed by atoms with Crippen LogP contribution >= 0.6 is 15.9 Å². The van der Waals surface area contributed by atoms with Crippen LogP contribution in [0.4, 0.5) is 0 Å². The smallest absolute Gasteiger partial charge is 0.242 e. The maximum atomic E-state index is 12.1. The first-order valence-electron chi connectivity index (χ1n) is 5.93. The van der Waals surface area contributed by atoms with E-state index in [9.17, 15) is 9.90 Å². The number of likely N-dealkylation sites (tertiary alicyclic amines) is 1. The lowest BCUT2D eigenvalue weighted by Crippen LogP contribution is -2.46. The fraction of sp³-hybridized carbons (Fsp3) is 0.500. The summed E-state index contributed by atoms with van der Waals surface area (Å²) >= 11 is 3.29. The van der Waals surface area contributed by atoms with E-state index in [1.165, 1.54) is 0 Å². The number of halogens is 1. The summed E-state index contributed by atoms with van der Waals surface area (Å²) in [5.74, 6) is -0.191. The minimum absolute atomic E-state index is 0.191. The van der Waals surface area contributed by atoms with Crippen LogP contribution in [0.25, 0.3) is 0 Å². The molecule has 2 unspecified atom stereocenters. The molecule has 0 radical (unpaired) electrons. The number of aliphatic hydroxyl groups is 1. The van der Waals surface area contributed by atoms with Gasteiger partial charge in [-0.2, -0.15) is 0 Å². The van der Waals surface area contributed by atoms with Gasteiger partial charge in [-0.1, -0.05) is 0 Å². The van der Waals surface area contributed by atoms with Gasteiger partial charge >= 0.3 is 0 Å². The van der Waals surface area contributed by atoms with E-state index in [0.29, 0.717) is 10.0 Å². The fourth-order valence-electron chi connectivity index (χ4n) is 2.10. The summed E-state index contributed by atoms with van der Waals surface area (Å²) in [6.45, 7) is 1.47. The predicted octanol–water partition coefficient (Wildman–Crippen LogP) is 0.827. The number of pyridine rings is 1. The van der Waals surface area contributed by atoms with Crippen LogP contribution in [0.15, 0.2) is 22.9 Å². The van der Waals surface area contributed by atoms with Crippen molar-refractivity contribution in [2.75, 3.05) is 13.1 Å². The predicted molar refractivity (Wildman–Crippen MR) is 70.7 cm³/mol. The molecule has 0 spiro atoms. The summed E-state index contributed by atoms with van der Waals surface area (Å²) < 4.78 is 0.655. The maximum Gasteiger partial charge on any atom is 0.242 e. The Morgan fingerprint density at radius 1 is 1.50 bits per heavy atom. The molecule has 1 aliphatic heterocycles. The maximum absolute atomic E-state index is 12.1. The van der Waals surface area contributed by atoms with Gasteiger partial charge in [0.15, 0.2) is 0 Å². The summed E-state index contributed by atoms with van der Waals surface area (Å²) in [5.41, 5.74) is 6.45. The third-order valence-electron chi connectivity index (χ3n) is 3.17. The molecular formula is C12H16BrN3O2. The Labute approximate surface area is 114 Å². The van der Waals surface area contributed by atoms with Crippen LogP contribution in [0.5, 0.6) is 0 Å². The molecule has 1 saturated heterocycles. The number of amides is 1. The van der Waals surface area contributed by atoms with Crippen LogP contribution in [-0.4, -0.2) is 40.0 Å². The molecule has 6 heteroatoms. The summed E-state index contributed by atoms with van der Waals surface area (Å²) in [6, 6.07) is 0.730. The van der Waals surface area contributed by atoms with Crippen LogP contribution in [0.2, 0.25) is 0 Å². The monoisotopic (exact) mass is 313 g/mol. The lowest BCUT2D eigenvalue weighted by molar-refractivity contribution is -0.134. The number of hydrogen-bond acceptors (Lipinski definition) is 4. The SMILES string of the molecule is NC(C(=O)N1CCCC1)C(O)c1ccncc1Br. The van der Waals surface area contributed by atoms with Gasteiger partial charge in [0.2, 0.25) is 5.91 Å². The Morgan fingerprint density at radius 2 is 2.17 bits per heavy atom. The number of nitrogens with two attached hydrogens (primary N) is 1. The second-order valence-corrected chi connectivity index (χ2v) is 5.25. The van der Waals surface area contributed by atoms with Crippen molar-refractivity contribution in [2.45, 2.75) is 25.0 Å². The second-order valence-electron chi connectivity index (χ2n) is 4.40. The molecule has 3 N–H and O–H groups in total. The molecule has 98 valence electrons. The van der Waals surface area contributed by atoms with Crippen LogP contribution < -0.4 is 5.73 Å². The standard InChI is InChI=1S/C12H16BrN3O2/c13-9-7-15-4-3-8(9)11(17)10(14)12(18)16-5-1-2-6-16/h3-4,7,10-11,17H,1-2,5-6,14H2. The van der Waals surface area contributed by atoms with Gasteiger partial charge in [-0.25, -0.2) is 0 Å². The quantitative estimate of drug-likeness (QED) is 0.866. The molecule has 18 heavy (non-hydrogen) atoms. The average Bonchev–Trinajstić information content (AvgIpc) is 2.90. The largest absolute Gasteiger partial charge is 0.386 e. The van der Waals surface area contributed by atoms with Crippen molar-refractivity contribution < 1.29 is 9.90 Å². The van der Waals surface area contributed by atoms with Crippen molar-refractivity contribution >= 4 is 21.8 Å². The van der Waals surface area contributed by atoms with E-state index < -0.39 is 12.1 Å². The van der Waals surface area contributed by atoms with Gasteiger partial charge in [0.1, 0.15) is 12.1 Å². The zero-order valence-electron chi connectivity index (χ0n) is 9.92. The number of aromatic nitrogens is 1. The number of hydrogen-bond donors (Lipinski definition) is 2. The van der Waals surface area contributed by atoms with Crippen molar-refractivity contribution in [3.05, 3.63) is 28.5 Å². The van der Waals surface area contributed by atoms with E-state index in [1.807, 2.05) is 0 Å². The lowest BCUT2D eigenvalue weighted by Gasteiger charge is -2.24. The normalized spacial score (nSPS) is 18.7. The van der Waals surface area contributed by atoms with Crippen molar-refractivity contribution in [2.24, 2.45) is 5.73 Å². The van der Waals surface area contributed by atoms with Crippen molar-refractivity contribution in [3.8, 4) is 0 Å². The van der Waals surface area contributed by atoms with E-state index >= 15 is 0 Å². The molecule has 1 aromatic rings. The van der Waals surface area contributed by atoms with Crippen molar-refractivity contribution in [1.82, 2.24) is 9.88 Å². The first kappa shape index (κ1) is 13.5. The number of rotatable bonds is 3. The Bertz CT molecular complexity index is 435. The van der Waals surface area contributed by atoms with E-state index in [1.54, 1.807) is 23.4 Å². The molecule has 2 heterocycles. The van der Waals surface area contributed by atoms with Crippen molar-refractivity contribution in [3.63, 3.8) is 0 Å².